The van der Waals surface area contributed by atoms with Gasteiger partial charge in [0.05, 0.1) is 24.0 Å². The minimum atomic E-state index is -0.489. The summed E-state index contributed by atoms with van der Waals surface area (Å²) in [6.45, 7) is 0. The molecule has 3 rings (SSSR count). The number of esters is 2. The fraction of sp³-hybridized carbons (Fsp3) is 0.125. The maximum atomic E-state index is 11.9. The molecule has 0 aliphatic carbocycles. The number of methoxy groups -OCH3 is 2. The molecule has 112 valence electrons. The van der Waals surface area contributed by atoms with E-state index >= 15 is 0 Å². The van der Waals surface area contributed by atoms with Crippen LogP contribution in [-0.2, 0) is 9.47 Å². The van der Waals surface area contributed by atoms with Gasteiger partial charge in [-0.05, 0) is 24.3 Å². The minimum absolute atomic E-state index is 0.317. The normalized spacial score (nSPS) is 11.7. The van der Waals surface area contributed by atoms with Crippen LogP contribution in [0.25, 0.3) is 0 Å². The molecule has 0 radical (unpaired) electrons. The third-order valence-electron chi connectivity index (χ3n) is 3.19. The summed E-state index contributed by atoms with van der Waals surface area (Å²) < 4.78 is 15.4. The van der Waals surface area contributed by atoms with Crippen molar-refractivity contribution in [3.8, 4) is 11.5 Å². The topological polar surface area (TPSA) is 61.8 Å². The van der Waals surface area contributed by atoms with Gasteiger partial charge in [0, 0.05) is 0 Å². The van der Waals surface area contributed by atoms with Gasteiger partial charge in [-0.3, -0.25) is 0 Å². The molecule has 2 aromatic rings. The van der Waals surface area contributed by atoms with Gasteiger partial charge in [0.15, 0.2) is 11.5 Å². The number of rotatable bonds is 2. The van der Waals surface area contributed by atoms with Gasteiger partial charge >= 0.3 is 11.9 Å². The lowest BCUT2D eigenvalue weighted by Crippen LogP contribution is -2.10. The van der Waals surface area contributed by atoms with Crippen LogP contribution in [-0.4, -0.2) is 26.2 Å². The van der Waals surface area contributed by atoms with E-state index in [0.29, 0.717) is 22.6 Å². The first-order chi connectivity index (χ1) is 10.7. The second-order valence-corrected chi connectivity index (χ2v) is 5.54. The minimum Gasteiger partial charge on any atom is -0.465 e. The molecule has 1 aliphatic rings. The lowest BCUT2D eigenvalue weighted by Gasteiger charge is -2.22. The summed E-state index contributed by atoms with van der Waals surface area (Å²) in [6.07, 6.45) is 0. The molecule has 0 spiro atoms. The van der Waals surface area contributed by atoms with E-state index in [1.165, 1.54) is 26.0 Å². The average molecular weight is 316 g/mol. The summed E-state index contributed by atoms with van der Waals surface area (Å²) in [6, 6.07) is 10.5. The van der Waals surface area contributed by atoms with Crippen molar-refractivity contribution >= 4 is 23.7 Å². The molecule has 5 nitrogen and oxygen atoms in total. The quantitative estimate of drug-likeness (QED) is 0.674. The predicted molar refractivity (Wildman–Crippen MR) is 79.8 cm³/mol. The van der Waals surface area contributed by atoms with Crippen molar-refractivity contribution in [2.75, 3.05) is 14.2 Å². The maximum absolute atomic E-state index is 11.9. The van der Waals surface area contributed by atoms with E-state index in [2.05, 4.69) is 0 Å². The van der Waals surface area contributed by atoms with Crippen LogP contribution in [0.2, 0.25) is 0 Å². The van der Waals surface area contributed by atoms with Gasteiger partial charge in [0.1, 0.15) is 11.1 Å². The van der Waals surface area contributed by atoms with Gasteiger partial charge in [-0.25, -0.2) is 9.59 Å². The molecule has 0 saturated carbocycles. The molecule has 0 bridgehead atoms. The largest absolute Gasteiger partial charge is 0.465 e. The molecule has 0 unspecified atom stereocenters. The Hall–Kier alpha value is -2.47. The first kappa shape index (κ1) is 14.5. The second kappa shape index (κ2) is 5.73. The zero-order valence-corrected chi connectivity index (χ0v) is 12.7. The summed E-state index contributed by atoms with van der Waals surface area (Å²) in [7, 11) is 2.62. The van der Waals surface area contributed by atoms with Gasteiger partial charge in [0.2, 0.25) is 0 Å². The summed E-state index contributed by atoms with van der Waals surface area (Å²) in [5.74, 6) is -0.195. The Kier molecular flexibility index (Phi) is 3.77. The Labute approximate surface area is 131 Å². The number of carbonyl (C=O) groups is 2. The molecule has 6 heteroatoms. The zero-order chi connectivity index (χ0) is 15.7. The van der Waals surface area contributed by atoms with Crippen LogP contribution in [0.3, 0.4) is 0 Å². The Balaban J connectivity index is 2.12. The maximum Gasteiger partial charge on any atom is 0.341 e. The molecule has 0 atom stereocenters. The number of hydrogen-bond donors (Lipinski definition) is 0. The molecule has 0 aromatic heterocycles. The smallest absolute Gasteiger partial charge is 0.341 e. The van der Waals surface area contributed by atoms with E-state index in [1.807, 2.05) is 12.1 Å². The van der Waals surface area contributed by atoms with Gasteiger partial charge in [-0.15, -0.1) is 0 Å². The van der Waals surface area contributed by atoms with Crippen LogP contribution < -0.4 is 4.74 Å². The summed E-state index contributed by atoms with van der Waals surface area (Å²) in [5, 5.41) is 0. The summed E-state index contributed by atoms with van der Waals surface area (Å²) in [5.41, 5.74) is 0.635. The van der Waals surface area contributed by atoms with Crippen LogP contribution in [0.5, 0.6) is 11.5 Å². The third kappa shape index (κ3) is 2.31. The molecular weight excluding hydrogens is 304 g/mol. The van der Waals surface area contributed by atoms with E-state index in [-0.39, 0.29) is 0 Å². The van der Waals surface area contributed by atoms with Crippen molar-refractivity contribution < 1.29 is 23.8 Å². The predicted octanol–water partition coefficient (Wildman–Crippen LogP) is 3.52. The van der Waals surface area contributed by atoms with Crippen molar-refractivity contribution in [2.45, 2.75) is 9.79 Å². The number of hydrogen-bond acceptors (Lipinski definition) is 6. The molecule has 1 aliphatic heterocycles. The Morgan fingerprint density at radius 2 is 1.32 bits per heavy atom. The summed E-state index contributed by atoms with van der Waals surface area (Å²) in [4.78, 5) is 25.3. The third-order valence-corrected chi connectivity index (χ3v) is 4.28. The Bertz CT molecular complexity index is 706. The van der Waals surface area contributed by atoms with Crippen molar-refractivity contribution in [1.82, 2.24) is 0 Å². The molecule has 22 heavy (non-hydrogen) atoms. The van der Waals surface area contributed by atoms with E-state index in [9.17, 15) is 9.59 Å². The molecule has 2 aromatic carbocycles. The van der Waals surface area contributed by atoms with Crippen LogP contribution in [0, 0.1) is 0 Å². The number of carbonyl (C=O) groups excluding carboxylic acids is 2. The standard InChI is InChI=1S/C16H12O5S/c1-19-15(17)9-5-3-7-11-13(9)21-14-10(16(18)20-2)6-4-8-12(14)22-11/h3-8H,1-2H3. The van der Waals surface area contributed by atoms with Crippen LogP contribution in [0.4, 0.5) is 0 Å². The monoisotopic (exact) mass is 316 g/mol. The Morgan fingerprint density at radius 1 is 0.864 bits per heavy atom. The highest BCUT2D eigenvalue weighted by Gasteiger charge is 2.27. The van der Waals surface area contributed by atoms with Gasteiger partial charge in [-0.2, -0.15) is 0 Å². The zero-order valence-electron chi connectivity index (χ0n) is 11.9. The SMILES string of the molecule is COC(=O)c1cccc2c1Oc1c(cccc1C(=O)OC)S2. The van der Waals surface area contributed by atoms with Crippen LogP contribution in [0.15, 0.2) is 46.2 Å². The van der Waals surface area contributed by atoms with Crippen molar-refractivity contribution in [3.63, 3.8) is 0 Å². The number of ether oxygens (including phenoxy) is 3. The Morgan fingerprint density at radius 3 is 1.73 bits per heavy atom. The second-order valence-electron chi connectivity index (χ2n) is 4.45. The molecule has 1 heterocycles. The van der Waals surface area contributed by atoms with E-state index in [1.54, 1.807) is 24.3 Å². The van der Waals surface area contributed by atoms with E-state index < -0.39 is 11.9 Å². The lowest BCUT2D eigenvalue weighted by molar-refractivity contribution is 0.0593. The summed E-state index contributed by atoms with van der Waals surface area (Å²) >= 11 is 1.43. The molecule has 0 amide bonds. The molecular formula is C16H12O5S. The van der Waals surface area contributed by atoms with Crippen LogP contribution in [0.1, 0.15) is 20.7 Å². The molecule has 0 N–H and O–H groups in total. The van der Waals surface area contributed by atoms with Crippen molar-refractivity contribution in [3.05, 3.63) is 47.5 Å². The fourth-order valence-corrected chi connectivity index (χ4v) is 3.18. The van der Waals surface area contributed by atoms with E-state index in [0.717, 1.165) is 9.79 Å². The number of fused-ring (bicyclic) bond motifs is 2. The van der Waals surface area contributed by atoms with Crippen molar-refractivity contribution in [2.24, 2.45) is 0 Å². The molecule has 0 saturated heterocycles. The van der Waals surface area contributed by atoms with Gasteiger partial charge in [-0.1, -0.05) is 23.9 Å². The number of para-hydroxylation sites is 2. The molecule has 0 fully saturated rings. The lowest BCUT2D eigenvalue weighted by atomic mass is 10.1. The van der Waals surface area contributed by atoms with E-state index in [4.69, 9.17) is 14.2 Å². The first-order valence-corrected chi connectivity index (χ1v) is 7.25. The highest BCUT2D eigenvalue weighted by molar-refractivity contribution is 7.99. The average Bonchev–Trinajstić information content (AvgIpc) is 2.57. The highest BCUT2D eigenvalue weighted by atomic mass is 32.2. The first-order valence-electron chi connectivity index (χ1n) is 6.44. The van der Waals surface area contributed by atoms with Crippen molar-refractivity contribution in [1.29, 1.82) is 0 Å². The fourth-order valence-electron chi connectivity index (χ4n) is 2.16. The van der Waals surface area contributed by atoms with Crippen LogP contribution >= 0.6 is 11.8 Å². The van der Waals surface area contributed by atoms with Gasteiger partial charge in [0.25, 0.3) is 0 Å². The number of benzene rings is 2. The highest BCUT2D eigenvalue weighted by Crippen LogP contribution is 2.49. The van der Waals surface area contributed by atoms with Gasteiger partial charge < -0.3 is 14.2 Å².